The van der Waals surface area contributed by atoms with E-state index in [1.165, 1.54) is 0 Å². The van der Waals surface area contributed by atoms with E-state index in [0.717, 1.165) is 5.56 Å². The Morgan fingerprint density at radius 3 is 2.05 bits per heavy atom. The molecule has 0 aromatic heterocycles. The summed E-state index contributed by atoms with van der Waals surface area (Å²) in [4.78, 5) is 0. The summed E-state index contributed by atoms with van der Waals surface area (Å²) in [6.45, 7) is -0.518. The van der Waals surface area contributed by atoms with Crippen LogP contribution in [-0.4, -0.2) is 131 Å². The molecule has 0 bridgehead atoms. The molecule has 1 aromatic carbocycles. The van der Waals surface area contributed by atoms with Crippen LogP contribution < -0.4 is 27.7 Å². The second kappa shape index (κ2) is 13.6. The fraction of sp³-hybridized carbons (Fsp3) is 0.760. The van der Waals surface area contributed by atoms with Crippen LogP contribution in [0.3, 0.4) is 0 Å². The number of hydrogen-bond acceptors (Lipinski definition) is 15. The highest BCUT2D eigenvalue weighted by molar-refractivity contribution is 5.26. The van der Waals surface area contributed by atoms with Crippen LogP contribution in [0.25, 0.3) is 0 Å². The van der Waals surface area contributed by atoms with E-state index < -0.39 is 92.2 Å². The maximum Gasteiger partial charge on any atom is 0.187 e. The summed E-state index contributed by atoms with van der Waals surface area (Å²) in [5, 5.41) is 52.4. The van der Waals surface area contributed by atoms with E-state index in [9.17, 15) is 25.5 Å². The molecule has 3 aliphatic rings. The largest absolute Gasteiger partial charge is 0.497 e. The number of aliphatic hydroxyl groups excluding tert-OH is 5. The molecule has 0 unspecified atom stereocenters. The summed E-state index contributed by atoms with van der Waals surface area (Å²) in [5.74, 6) is 0.696. The molecule has 1 aromatic rings. The van der Waals surface area contributed by atoms with Crippen LogP contribution in [0.1, 0.15) is 12.0 Å². The van der Waals surface area contributed by atoms with E-state index in [1.54, 1.807) is 19.2 Å². The van der Waals surface area contributed by atoms with Gasteiger partial charge in [0.05, 0.1) is 26.4 Å². The van der Waals surface area contributed by atoms with Crippen molar-refractivity contribution in [3.05, 3.63) is 29.8 Å². The van der Waals surface area contributed by atoms with Gasteiger partial charge in [-0.25, -0.2) is 0 Å². The molecular weight excluding hydrogens is 532 g/mol. The van der Waals surface area contributed by atoms with Crippen LogP contribution in [0.4, 0.5) is 0 Å². The molecule has 2 heterocycles. The van der Waals surface area contributed by atoms with Crippen molar-refractivity contribution in [2.45, 2.75) is 98.7 Å². The van der Waals surface area contributed by atoms with Crippen molar-refractivity contribution < 1.29 is 54.0 Å². The van der Waals surface area contributed by atoms with Crippen molar-refractivity contribution in [1.82, 2.24) is 0 Å². The van der Waals surface area contributed by atoms with Crippen LogP contribution in [0.2, 0.25) is 0 Å². The fourth-order valence-electron chi connectivity index (χ4n) is 5.31. The van der Waals surface area contributed by atoms with Crippen molar-refractivity contribution in [3.8, 4) is 5.75 Å². The second-order valence-electron chi connectivity index (χ2n) is 10.4. The molecule has 0 spiro atoms. The van der Waals surface area contributed by atoms with Crippen LogP contribution in [-0.2, 0) is 30.3 Å². The number of aliphatic hydroxyl groups is 5. The highest BCUT2D eigenvalue weighted by Crippen LogP contribution is 2.33. The Morgan fingerprint density at radius 1 is 0.800 bits per heavy atom. The van der Waals surface area contributed by atoms with Crippen LogP contribution in [0, 0.1) is 0 Å². The molecule has 13 N–H and O–H groups in total. The lowest BCUT2D eigenvalue weighted by atomic mass is 9.84. The predicted octanol–water partition coefficient (Wildman–Crippen LogP) is -4.42. The lowest BCUT2D eigenvalue weighted by Crippen LogP contribution is -2.64. The minimum Gasteiger partial charge on any atom is -0.497 e. The van der Waals surface area contributed by atoms with Crippen molar-refractivity contribution in [2.75, 3.05) is 20.3 Å². The summed E-state index contributed by atoms with van der Waals surface area (Å²) < 4.78 is 34.1. The topological polar surface area (TPSA) is 261 Å². The molecule has 15 heteroatoms. The van der Waals surface area contributed by atoms with Crippen LogP contribution >= 0.6 is 0 Å². The summed E-state index contributed by atoms with van der Waals surface area (Å²) in [5.41, 5.74) is 24.9. The third kappa shape index (κ3) is 6.58. The van der Waals surface area contributed by atoms with Gasteiger partial charge in [0.2, 0.25) is 0 Å². The van der Waals surface area contributed by atoms with E-state index >= 15 is 0 Å². The highest BCUT2D eigenvalue weighted by Gasteiger charge is 2.52. The molecule has 2 saturated heterocycles. The summed E-state index contributed by atoms with van der Waals surface area (Å²) >= 11 is 0. The minimum atomic E-state index is -1.47. The normalized spacial score (nSPS) is 44.0. The van der Waals surface area contributed by atoms with Crippen molar-refractivity contribution in [2.24, 2.45) is 22.9 Å². The molecular formula is C25H42N4O11. The molecule has 228 valence electrons. The van der Waals surface area contributed by atoms with E-state index in [0.29, 0.717) is 5.75 Å². The first kappa shape index (κ1) is 31.4. The molecule has 3 fully saturated rings. The summed E-state index contributed by atoms with van der Waals surface area (Å²) in [7, 11) is 1.57. The third-order valence-electron chi connectivity index (χ3n) is 7.70. The molecule has 15 nitrogen and oxygen atoms in total. The Balaban J connectivity index is 1.40. The first-order valence-corrected chi connectivity index (χ1v) is 13.3. The van der Waals surface area contributed by atoms with E-state index in [1.807, 2.05) is 12.1 Å². The van der Waals surface area contributed by atoms with Crippen molar-refractivity contribution in [3.63, 3.8) is 0 Å². The Bertz CT molecular complexity index is 931. The number of nitrogens with two attached hydrogens (primary N) is 4. The number of rotatable bonds is 10. The Labute approximate surface area is 231 Å². The number of methoxy groups -OCH3 is 1. The molecule has 2 aliphatic heterocycles. The molecule has 0 radical (unpaired) electrons. The van der Waals surface area contributed by atoms with Gasteiger partial charge in [0.1, 0.15) is 60.7 Å². The zero-order valence-corrected chi connectivity index (χ0v) is 22.2. The lowest BCUT2D eigenvalue weighted by Gasteiger charge is -2.43. The van der Waals surface area contributed by atoms with E-state index in [4.69, 9.17) is 51.4 Å². The molecule has 4 rings (SSSR count). The van der Waals surface area contributed by atoms with Gasteiger partial charge in [-0.3, -0.25) is 0 Å². The van der Waals surface area contributed by atoms with E-state index in [-0.39, 0.29) is 19.6 Å². The number of benzene rings is 1. The highest BCUT2D eigenvalue weighted by atomic mass is 16.7. The average Bonchev–Trinajstić information content (AvgIpc) is 3.24. The zero-order chi connectivity index (χ0) is 29.1. The molecule has 1 aliphatic carbocycles. The first-order chi connectivity index (χ1) is 19.1. The van der Waals surface area contributed by atoms with Gasteiger partial charge in [-0.15, -0.1) is 0 Å². The van der Waals surface area contributed by atoms with Gasteiger partial charge < -0.3 is 76.9 Å². The predicted molar refractivity (Wildman–Crippen MR) is 137 cm³/mol. The molecule has 0 amide bonds. The standard InChI is InChI=1S/C25H42N4O11/c1-35-11-4-2-10(3-5-11)9-36-21-12(27)6-13(28)22(19(21)33)39-25-20(34)23(15(8-30)38-25)40-24-16(29)18(32)17(31)14(7-26)37-24/h2-5,12-25,30-34H,6-9,26-29H2,1H3/t12-,13+,14-,15+,16+,17+,18+,19-,20+,21+,22-,23+,24+,25-/m0/s1. The zero-order valence-electron chi connectivity index (χ0n) is 22.2. The monoisotopic (exact) mass is 574 g/mol. The van der Waals surface area contributed by atoms with Gasteiger partial charge in [-0.2, -0.15) is 0 Å². The van der Waals surface area contributed by atoms with Gasteiger partial charge >= 0.3 is 0 Å². The Morgan fingerprint density at radius 2 is 1.43 bits per heavy atom. The Kier molecular flexibility index (Phi) is 10.7. The van der Waals surface area contributed by atoms with Gasteiger partial charge in [0.25, 0.3) is 0 Å². The van der Waals surface area contributed by atoms with Gasteiger partial charge in [-0.1, -0.05) is 12.1 Å². The quantitative estimate of drug-likeness (QED) is 0.128. The molecule has 1 saturated carbocycles. The minimum absolute atomic E-state index is 0.120. The number of hydrogen-bond donors (Lipinski definition) is 9. The average molecular weight is 575 g/mol. The van der Waals surface area contributed by atoms with E-state index in [2.05, 4.69) is 0 Å². The third-order valence-corrected chi connectivity index (χ3v) is 7.70. The van der Waals surface area contributed by atoms with Crippen molar-refractivity contribution >= 4 is 0 Å². The van der Waals surface area contributed by atoms with Crippen LogP contribution in [0.5, 0.6) is 5.75 Å². The molecule has 40 heavy (non-hydrogen) atoms. The first-order valence-electron chi connectivity index (χ1n) is 13.3. The van der Waals surface area contributed by atoms with Crippen LogP contribution in [0.15, 0.2) is 24.3 Å². The maximum atomic E-state index is 11.1. The maximum absolute atomic E-state index is 11.1. The van der Waals surface area contributed by atoms with Gasteiger partial charge in [-0.05, 0) is 24.1 Å². The SMILES string of the molecule is COc1ccc(CO[C@H]2[C@H](O)[C@@H](O[C@@H]3O[C@H](CO)[C@@H](O[C@H]4O[C@@H](CN)[C@@H](O)[C@H](O)[C@H]4N)[C@H]3O)[C@H](N)C[C@@H]2N)cc1. The smallest absolute Gasteiger partial charge is 0.187 e. The summed E-state index contributed by atoms with van der Waals surface area (Å²) in [6, 6.07) is 4.76. The molecule has 14 atom stereocenters. The fourth-order valence-corrected chi connectivity index (χ4v) is 5.31. The second-order valence-corrected chi connectivity index (χ2v) is 10.4. The number of ether oxygens (including phenoxy) is 6. The Hall–Kier alpha value is -1.54. The van der Waals surface area contributed by atoms with Crippen molar-refractivity contribution in [1.29, 1.82) is 0 Å². The lowest BCUT2D eigenvalue weighted by molar-refractivity contribution is -0.280. The van der Waals surface area contributed by atoms with Gasteiger partial charge in [0, 0.05) is 18.6 Å². The summed E-state index contributed by atoms with van der Waals surface area (Å²) in [6.07, 6.45) is -12.9. The van der Waals surface area contributed by atoms with Gasteiger partial charge in [0.15, 0.2) is 12.6 Å².